The van der Waals surface area contributed by atoms with Crippen LogP contribution in [0.3, 0.4) is 0 Å². The van der Waals surface area contributed by atoms with Crippen molar-refractivity contribution in [3.8, 4) is 11.6 Å². The van der Waals surface area contributed by atoms with E-state index in [2.05, 4.69) is 10.3 Å². The number of halogens is 5. The highest BCUT2D eigenvalue weighted by Gasteiger charge is 2.46. The van der Waals surface area contributed by atoms with Crippen LogP contribution >= 0.6 is 0 Å². The maximum atomic E-state index is 14.4. The monoisotopic (exact) mass is 620 g/mol. The second kappa shape index (κ2) is 12.5. The Hall–Kier alpha value is -4.00. The third kappa shape index (κ3) is 7.55. The summed E-state index contributed by atoms with van der Waals surface area (Å²) in [4.78, 5) is 32.5. The highest BCUT2D eigenvalue weighted by molar-refractivity contribution is 5.80. The quantitative estimate of drug-likeness (QED) is 0.319. The molecule has 1 aliphatic heterocycles. The molecule has 2 aliphatic rings. The Kier molecular flexibility index (Phi) is 8.96. The fourth-order valence-electron chi connectivity index (χ4n) is 5.94. The molecule has 3 aromatic rings. The summed E-state index contributed by atoms with van der Waals surface area (Å²) in [6, 6.07) is 16.9. The Morgan fingerprint density at radius 1 is 1.02 bits per heavy atom. The molecule has 2 aromatic carbocycles. The van der Waals surface area contributed by atoms with Crippen LogP contribution in [0.25, 0.3) is 0 Å². The Bertz CT molecular complexity index is 1490. The van der Waals surface area contributed by atoms with Gasteiger partial charge < -0.3 is 20.1 Å². The molecule has 0 radical (unpaired) electrons. The summed E-state index contributed by atoms with van der Waals surface area (Å²) in [6.45, 7) is -1.53. The zero-order chi connectivity index (χ0) is 31.5. The van der Waals surface area contributed by atoms with Crippen molar-refractivity contribution in [2.24, 2.45) is 5.92 Å². The van der Waals surface area contributed by atoms with E-state index in [9.17, 15) is 36.6 Å². The highest BCUT2D eigenvalue weighted by atomic mass is 19.4. The topological polar surface area (TPSA) is 96.7 Å². The number of nitrogens with zero attached hydrogens (tertiary/aromatic N) is 3. The van der Waals surface area contributed by atoms with Crippen LogP contribution < -0.4 is 15.6 Å². The maximum absolute atomic E-state index is 14.4. The van der Waals surface area contributed by atoms with Crippen LogP contribution in [0.15, 0.2) is 71.8 Å². The van der Waals surface area contributed by atoms with E-state index in [4.69, 9.17) is 4.74 Å². The van der Waals surface area contributed by atoms with Gasteiger partial charge in [0.15, 0.2) is 5.69 Å². The van der Waals surface area contributed by atoms with Crippen LogP contribution in [-0.2, 0) is 11.3 Å². The van der Waals surface area contributed by atoms with Crippen molar-refractivity contribution < 1.29 is 36.6 Å². The van der Waals surface area contributed by atoms with Gasteiger partial charge in [-0.1, -0.05) is 48.5 Å². The lowest BCUT2D eigenvalue weighted by Crippen LogP contribution is -2.52. The molecule has 1 amide bonds. The second-order valence-corrected chi connectivity index (χ2v) is 11.5. The number of para-hydroxylation sites is 1. The lowest BCUT2D eigenvalue weighted by molar-refractivity contribution is -0.145. The number of anilines is 1. The van der Waals surface area contributed by atoms with Gasteiger partial charge in [-0.25, -0.2) is 13.8 Å². The largest absolute Gasteiger partial charge is 0.437 e. The number of carbonyl (C=O) groups excluding carboxylic acids is 1. The molecule has 2 N–H and O–H groups in total. The summed E-state index contributed by atoms with van der Waals surface area (Å²) in [6.07, 6.45) is -4.15. The third-order valence-electron chi connectivity index (χ3n) is 8.27. The van der Waals surface area contributed by atoms with Gasteiger partial charge in [0.1, 0.15) is 18.6 Å². The number of aliphatic hydroxyl groups is 1. The van der Waals surface area contributed by atoms with Gasteiger partial charge in [0, 0.05) is 37.8 Å². The molecule has 0 spiro atoms. The summed E-state index contributed by atoms with van der Waals surface area (Å²) >= 11 is 0. The van der Waals surface area contributed by atoms with Crippen LogP contribution in [0.2, 0.25) is 0 Å². The van der Waals surface area contributed by atoms with E-state index in [1.165, 1.54) is 0 Å². The lowest BCUT2D eigenvalue weighted by atomic mass is 9.73. The zero-order valence-electron chi connectivity index (χ0n) is 23.8. The molecule has 1 saturated carbocycles. The van der Waals surface area contributed by atoms with Crippen LogP contribution in [0.4, 0.5) is 27.6 Å². The first-order valence-corrected chi connectivity index (χ1v) is 14.4. The smallest absolute Gasteiger partial charge is 0.405 e. The number of piperidine rings is 1. The summed E-state index contributed by atoms with van der Waals surface area (Å²) in [7, 11) is 0. The molecule has 2 atom stereocenters. The summed E-state index contributed by atoms with van der Waals surface area (Å²) in [5.74, 6) is -4.47. The van der Waals surface area contributed by atoms with Gasteiger partial charge in [0.2, 0.25) is 17.7 Å². The molecule has 2 fully saturated rings. The lowest BCUT2D eigenvalue weighted by Gasteiger charge is -2.42. The zero-order valence-corrected chi connectivity index (χ0v) is 23.8. The molecule has 1 saturated heterocycles. The Morgan fingerprint density at radius 2 is 1.66 bits per heavy atom. The maximum Gasteiger partial charge on any atom is 0.405 e. The number of ether oxygens (including phenoxy) is 1. The molecular weight excluding hydrogens is 587 g/mol. The molecule has 1 aliphatic carbocycles. The molecule has 5 rings (SSSR count). The van der Waals surface area contributed by atoms with Gasteiger partial charge in [0.05, 0.1) is 12.1 Å². The van der Waals surface area contributed by atoms with Crippen molar-refractivity contribution in [1.82, 2.24) is 14.5 Å². The molecule has 0 unspecified atom stereocenters. The van der Waals surface area contributed by atoms with Crippen molar-refractivity contribution in [1.29, 1.82) is 0 Å². The molecule has 1 aromatic heterocycles. The molecule has 13 heteroatoms. The standard InChI is InChI=1S/C31H33F5N4O4/c32-30(33)12-11-23(24(17-30)21-7-3-1-4-8-21)27(41)39-15-13-29(43,14-16-39)19-40-20-38-26(44-22-9-5-2-6-10-22)25(28(40)42)37-18-31(34,35)36/h1-10,20,23-24,37,43H,11-19H2/t23-,24+/m1/s1. The van der Waals surface area contributed by atoms with Crippen molar-refractivity contribution in [2.45, 2.75) is 62.3 Å². The normalized spacial score (nSPS) is 21.5. The fraction of sp³-hybridized carbons (Fsp3) is 0.452. The molecule has 8 nitrogen and oxygen atoms in total. The van der Waals surface area contributed by atoms with Gasteiger partial charge in [-0.05, 0) is 37.0 Å². The van der Waals surface area contributed by atoms with E-state index in [-0.39, 0.29) is 62.9 Å². The Morgan fingerprint density at radius 3 is 2.30 bits per heavy atom. The second-order valence-electron chi connectivity index (χ2n) is 11.5. The van der Waals surface area contributed by atoms with Crippen molar-refractivity contribution in [2.75, 3.05) is 25.0 Å². The Balaban J connectivity index is 1.29. The molecular formula is C31H33F5N4O4. The predicted octanol–water partition coefficient (Wildman–Crippen LogP) is 5.58. The third-order valence-corrected chi connectivity index (χ3v) is 8.27. The van der Waals surface area contributed by atoms with Gasteiger partial charge in [-0.15, -0.1) is 0 Å². The average molecular weight is 621 g/mol. The number of benzene rings is 2. The van der Waals surface area contributed by atoms with Gasteiger partial charge >= 0.3 is 6.18 Å². The van der Waals surface area contributed by atoms with Gasteiger partial charge in [0.25, 0.3) is 5.56 Å². The number of amides is 1. The highest BCUT2D eigenvalue weighted by Crippen LogP contribution is 2.46. The number of hydrogen-bond acceptors (Lipinski definition) is 6. The van der Waals surface area contributed by atoms with E-state index in [1.54, 1.807) is 65.6 Å². The van der Waals surface area contributed by atoms with E-state index < -0.39 is 53.7 Å². The van der Waals surface area contributed by atoms with Crippen molar-refractivity contribution >= 4 is 11.6 Å². The minimum atomic E-state index is -4.62. The number of aromatic nitrogens is 2. The van der Waals surface area contributed by atoms with Crippen LogP contribution in [0.1, 0.15) is 43.6 Å². The predicted molar refractivity (Wildman–Crippen MR) is 152 cm³/mol. The van der Waals surface area contributed by atoms with Gasteiger partial charge in [-0.2, -0.15) is 13.2 Å². The molecule has 44 heavy (non-hydrogen) atoms. The molecule has 2 heterocycles. The minimum absolute atomic E-state index is 0.0400. The first-order valence-electron chi connectivity index (χ1n) is 14.4. The summed E-state index contributed by atoms with van der Waals surface area (Å²) in [5.41, 5.74) is -2.16. The number of nitrogens with one attached hydrogen (secondary N) is 1. The van der Waals surface area contributed by atoms with E-state index in [0.717, 1.165) is 10.9 Å². The van der Waals surface area contributed by atoms with Gasteiger partial charge in [-0.3, -0.25) is 14.2 Å². The molecule has 236 valence electrons. The average Bonchev–Trinajstić information content (AvgIpc) is 2.98. The van der Waals surface area contributed by atoms with E-state index in [0.29, 0.717) is 5.56 Å². The number of carbonyl (C=O) groups is 1. The SMILES string of the molecule is O=C([C@@H]1CCC(F)(F)C[C@H]1c1ccccc1)N1CCC(O)(Cn2cnc(Oc3ccccc3)c(NCC(F)(F)F)c2=O)CC1. The van der Waals surface area contributed by atoms with Crippen molar-refractivity contribution in [3.05, 3.63) is 82.9 Å². The van der Waals surface area contributed by atoms with E-state index >= 15 is 0 Å². The number of rotatable bonds is 8. The summed E-state index contributed by atoms with van der Waals surface area (Å²) < 4.78 is 74.4. The Labute approximate surface area is 250 Å². The fourth-order valence-corrected chi connectivity index (χ4v) is 5.94. The molecule has 0 bridgehead atoms. The van der Waals surface area contributed by atoms with Crippen LogP contribution in [0, 0.1) is 5.92 Å². The number of likely N-dealkylation sites (tertiary alicyclic amines) is 1. The van der Waals surface area contributed by atoms with Crippen LogP contribution in [-0.4, -0.2) is 62.8 Å². The number of hydrogen-bond donors (Lipinski definition) is 2. The van der Waals surface area contributed by atoms with Crippen molar-refractivity contribution in [3.63, 3.8) is 0 Å². The summed E-state index contributed by atoms with van der Waals surface area (Å²) in [5, 5.41) is 13.4. The first-order chi connectivity index (χ1) is 20.8. The first kappa shape index (κ1) is 31.4. The van der Waals surface area contributed by atoms with E-state index in [1.807, 2.05) is 0 Å². The van der Waals surface area contributed by atoms with Crippen LogP contribution in [0.5, 0.6) is 11.6 Å². The number of alkyl halides is 5. The minimum Gasteiger partial charge on any atom is -0.437 e.